The molecular formula is C9H18O3. The van der Waals surface area contributed by atoms with Crippen molar-refractivity contribution in [1.82, 2.24) is 0 Å². The quantitative estimate of drug-likeness (QED) is 0.594. The summed E-state index contributed by atoms with van der Waals surface area (Å²) < 4.78 is 9.73. The first kappa shape index (κ1) is 11.4. The second-order valence-corrected chi connectivity index (χ2v) is 2.94. The molecule has 0 aromatic heterocycles. The Bertz CT molecular complexity index is 134. The monoisotopic (exact) mass is 174 g/mol. The molecule has 12 heavy (non-hydrogen) atoms. The fraction of sp³-hybridized carbons (Fsp3) is 0.889. The SMILES string of the molecule is CCC(C)C(CC(=O)OC)OC. The van der Waals surface area contributed by atoms with Crippen molar-refractivity contribution in [1.29, 1.82) is 0 Å². The van der Waals surface area contributed by atoms with Gasteiger partial charge in [-0.2, -0.15) is 0 Å². The summed E-state index contributed by atoms with van der Waals surface area (Å²) in [6.07, 6.45) is 1.35. The average Bonchev–Trinajstić information content (AvgIpc) is 2.12. The number of carbonyl (C=O) groups excluding carboxylic acids is 1. The van der Waals surface area contributed by atoms with Crippen molar-refractivity contribution in [2.45, 2.75) is 32.8 Å². The third-order valence-corrected chi connectivity index (χ3v) is 2.18. The van der Waals surface area contributed by atoms with E-state index in [1.807, 2.05) is 0 Å². The Kier molecular flexibility index (Phi) is 5.72. The third kappa shape index (κ3) is 3.72. The molecule has 2 unspecified atom stereocenters. The molecule has 0 saturated heterocycles. The van der Waals surface area contributed by atoms with E-state index < -0.39 is 0 Å². The number of carbonyl (C=O) groups is 1. The molecular weight excluding hydrogens is 156 g/mol. The van der Waals surface area contributed by atoms with E-state index in [4.69, 9.17) is 4.74 Å². The van der Waals surface area contributed by atoms with Crippen LogP contribution in [0.5, 0.6) is 0 Å². The second kappa shape index (κ2) is 6.00. The van der Waals surface area contributed by atoms with E-state index in [2.05, 4.69) is 18.6 Å². The van der Waals surface area contributed by atoms with E-state index in [1.54, 1.807) is 7.11 Å². The van der Waals surface area contributed by atoms with Gasteiger partial charge in [-0.15, -0.1) is 0 Å². The van der Waals surface area contributed by atoms with Gasteiger partial charge in [0, 0.05) is 7.11 Å². The fourth-order valence-corrected chi connectivity index (χ4v) is 1.03. The van der Waals surface area contributed by atoms with Crippen molar-refractivity contribution in [3.05, 3.63) is 0 Å². The number of hydrogen-bond acceptors (Lipinski definition) is 3. The van der Waals surface area contributed by atoms with E-state index in [9.17, 15) is 4.79 Å². The Morgan fingerprint density at radius 1 is 1.42 bits per heavy atom. The van der Waals surface area contributed by atoms with Crippen LogP contribution in [0, 0.1) is 5.92 Å². The van der Waals surface area contributed by atoms with Gasteiger partial charge in [0.15, 0.2) is 0 Å². The van der Waals surface area contributed by atoms with Gasteiger partial charge >= 0.3 is 5.97 Å². The van der Waals surface area contributed by atoms with Gasteiger partial charge < -0.3 is 9.47 Å². The van der Waals surface area contributed by atoms with Crippen LogP contribution in [0.25, 0.3) is 0 Å². The van der Waals surface area contributed by atoms with E-state index >= 15 is 0 Å². The van der Waals surface area contributed by atoms with E-state index in [-0.39, 0.29) is 12.1 Å². The molecule has 0 rings (SSSR count). The molecule has 72 valence electrons. The van der Waals surface area contributed by atoms with Crippen LogP contribution < -0.4 is 0 Å². The molecule has 0 spiro atoms. The molecule has 0 aromatic rings. The lowest BCUT2D eigenvalue weighted by Crippen LogP contribution is -2.24. The standard InChI is InChI=1S/C9H18O3/c1-5-7(2)8(11-3)6-9(10)12-4/h7-8H,5-6H2,1-4H3. The van der Waals surface area contributed by atoms with E-state index in [0.29, 0.717) is 12.3 Å². The van der Waals surface area contributed by atoms with Gasteiger partial charge in [-0.25, -0.2) is 0 Å². The minimum atomic E-state index is -0.206. The number of esters is 1. The summed E-state index contributed by atoms with van der Waals surface area (Å²) in [7, 11) is 3.02. The molecule has 0 bridgehead atoms. The summed E-state index contributed by atoms with van der Waals surface area (Å²) in [6.45, 7) is 4.14. The van der Waals surface area contributed by atoms with Crippen LogP contribution >= 0.6 is 0 Å². The first-order valence-corrected chi connectivity index (χ1v) is 4.25. The molecule has 0 heterocycles. The predicted molar refractivity (Wildman–Crippen MR) is 46.9 cm³/mol. The summed E-state index contributed by atoms with van der Waals surface area (Å²) in [5, 5.41) is 0. The molecule has 0 aliphatic heterocycles. The zero-order valence-electron chi connectivity index (χ0n) is 8.29. The van der Waals surface area contributed by atoms with Crippen molar-refractivity contribution >= 4 is 5.97 Å². The van der Waals surface area contributed by atoms with Crippen LogP contribution in [0.3, 0.4) is 0 Å². The fourth-order valence-electron chi connectivity index (χ4n) is 1.03. The molecule has 0 radical (unpaired) electrons. The topological polar surface area (TPSA) is 35.5 Å². The van der Waals surface area contributed by atoms with Crippen LogP contribution in [0.15, 0.2) is 0 Å². The molecule has 0 aliphatic carbocycles. The zero-order chi connectivity index (χ0) is 9.56. The third-order valence-electron chi connectivity index (χ3n) is 2.18. The minimum absolute atomic E-state index is 0.0116. The van der Waals surface area contributed by atoms with Gasteiger partial charge in [0.1, 0.15) is 0 Å². The first-order valence-electron chi connectivity index (χ1n) is 4.25. The van der Waals surface area contributed by atoms with E-state index in [1.165, 1.54) is 7.11 Å². The zero-order valence-corrected chi connectivity index (χ0v) is 8.29. The van der Waals surface area contributed by atoms with Gasteiger partial charge in [0.2, 0.25) is 0 Å². The summed E-state index contributed by atoms with van der Waals surface area (Å²) >= 11 is 0. The van der Waals surface area contributed by atoms with Crippen molar-refractivity contribution in [2.75, 3.05) is 14.2 Å². The van der Waals surface area contributed by atoms with Crippen LogP contribution in [0.1, 0.15) is 26.7 Å². The Labute approximate surface area is 74.0 Å². The first-order chi connectivity index (χ1) is 5.65. The number of rotatable bonds is 5. The highest BCUT2D eigenvalue weighted by Crippen LogP contribution is 2.14. The molecule has 3 heteroatoms. The molecule has 0 amide bonds. The molecule has 0 aromatic carbocycles. The molecule has 0 aliphatic rings. The second-order valence-electron chi connectivity index (χ2n) is 2.94. The highest BCUT2D eigenvalue weighted by atomic mass is 16.5. The van der Waals surface area contributed by atoms with Gasteiger partial charge in [-0.05, 0) is 5.92 Å². The van der Waals surface area contributed by atoms with Crippen LogP contribution in [0.4, 0.5) is 0 Å². The average molecular weight is 174 g/mol. The smallest absolute Gasteiger partial charge is 0.308 e. The van der Waals surface area contributed by atoms with E-state index in [0.717, 1.165) is 6.42 Å². The molecule has 0 saturated carbocycles. The minimum Gasteiger partial charge on any atom is -0.469 e. The summed E-state index contributed by atoms with van der Waals surface area (Å²) in [6, 6.07) is 0. The lowest BCUT2D eigenvalue weighted by atomic mass is 9.99. The lowest BCUT2D eigenvalue weighted by Gasteiger charge is -2.19. The largest absolute Gasteiger partial charge is 0.469 e. The molecule has 2 atom stereocenters. The summed E-state index contributed by atoms with van der Waals surface area (Å²) in [5.74, 6) is 0.191. The Morgan fingerprint density at radius 3 is 2.33 bits per heavy atom. The molecule has 0 fully saturated rings. The highest BCUT2D eigenvalue weighted by molar-refractivity contribution is 5.69. The Hall–Kier alpha value is -0.570. The Morgan fingerprint density at radius 2 is 2.00 bits per heavy atom. The maximum absolute atomic E-state index is 10.9. The summed E-state index contributed by atoms with van der Waals surface area (Å²) in [4.78, 5) is 10.9. The van der Waals surface area contributed by atoms with Crippen molar-refractivity contribution in [3.8, 4) is 0 Å². The maximum Gasteiger partial charge on any atom is 0.308 e. The Balaban J connectivity index is 3.90. The van der Waals surface area contributed by atoms with Crippen molar-refractivity contribution in [3.63, 3.8) is 0 Å². The highest BCUT2D eigenvalue weighted by Gasteiger charge is 2.18. The van der Waals surface area contributed by atoms with Crippen molar-refractivity contribution in [2.24, 2.45) is 5.92 Å². The number of hydrogen-bond donors (Lipinski definition) is 0. The lowest BCUT2D eigenvalue weighted by molar-refractivity contribution is -0.144. The van der Waals surface area contributed by atoms with Crippen LogP contribution in [-0.4, -0.2) is 26.3 Å². The van der Waals surface area contributed by atoms with Gasteiger partial charge in [-0.3, -0.25) is 4.79 Å². The summed E-state index contributed by atoms with van der Waals surface area (Å²) in [5.41, 5.74) is 0. The van der Waals surface area contributed by atoms with Crippen LogP contribution in [0.2, 0.25) is 0 Å². The molecule has 0 N–H and O–H groups in total. The van der Waals surface area contributed by atoms with Crippen molar-refractivity contribution < 1.29 is 14.3 Å². The molecule has 3 nitrogen and oxygen atoms in total. The normalized spacial score (nSPS) is 15.3. The van der Waals surface area contributed by atoms with Gasteiger partial charge in [0.25, 0.3) is 0 Å². The number of methoxy groups -OCH3 is 2. The predicted octanol–water partition coefficient (Wildman–Crippen LogP) is 1.61. The number of ether oxygens (including phenoxy) is 2. The van der Waals surface area contributed by atoms with Crippen LogP contribution in [-0.2, 0) is 14.3 Å². The van der Waals surface area contributed by atoms with Gasteiger partial charge in [0.05, 0.1) is 19.6 Å². The maximum atomic E-state index is 10.9. The van der Waals surface area contributed by atoms with Gasteiger partial charge in [-0.1, -0.05) is 20.3 Å².